The number of fused-ring (bicyclic) bond motifs is 1. The van der Waals surface area contributed by atoms with Crippen molar-refractivity contribution in [3.8, 4) is 0 Å². The summed E-state index contributed by atoms with van der Waals surface area (Å²) in [4.78, 5) is 4.14. The van der Waals surface area contributed by atoms with Crippen molar-refractivity contribution in [1.29, 1.82) is 0 Å². The van der Waals surface area contributed by atoms with E-state index in [0.29, 0.717) is 0 Å². The molecule has 0 amide bonds. The summed E-state index contributed by atoms with van der Waals surface area (Å²) in [6.45, 7) is 0.783. The number of aliphatic imine (C=N–C) groups is 1. The molecule has 0 radical (unpaired) electrons. The van der Waals surface area contributed by atoms with E-state index in [1.165, 1.54) is 5.56 Å². The van der Waals surface area contributed by atoms with Gasteiger partial charge in [-0.15, -0.1) is 0 Å². The van der Waals surface area contributed by atoms with Crippen LogP contribution in [0.1, 0.15) is 11.1 Å². The van der Waals surface area contributed by atoms with Crippen LogP contribution in [0.3, 0.4) is 0 Å². The third kappa shape index (κ3) is 0.897. The van der Waals surface area contributed by atoms with Gasteiger partial charge in [-0.1, -0.05) is 12.1 Å². The van der Waals surface area contributed by atoms with Gasteiger partial charge in [0.05, 0.1) is 12.2 Å². The molecular weight excluding hydrogens is 138 g/mol. The Hall–Kier alpha value is -1.35. The summed E-state index contributed by atoms with van der Waals surface area (Å²) >= 11 is 0. The Morgan fingerprint density at radius 1 is 1.45 bits per heavy atom. The Balaban J connectivity index is 2.57. The van der Waals surface area contributed by atoms with Gasteiger partial charge in [0.25, 0.3) is 0 Å². The first-order chi connectivity index (χ1) is 5.42. The Morgan fingerprint density at radius 3 is 3.18 bits per heavy atom. The van der Waals surface area contributed by atoms with E-state index in [2.05, 4.69) is 16.5 Å². The van der Waals surface area contributed by atoms with Gasteiger partial charge in [0.15, 0.2) is 0 Å². The number of hydrogen-bond acceptors (Lipinski definition) is 3. The van der Waals surface area contributed by atoms with Gasteiger partial charge in [0.2, 0.25) is 0 Å². The van der Waals surface area contributed by atoms with Gasteiger partial charge in [0.1, 0.15) is 0 Å². The van der Waals surface area contributed by atoms with E-state index < -0.39 is 0 Å². The zero-order valence-electron chi connectivity index (χ0n) is 6.04. The molecule has 0 saturated heterocycles. The van der Waals surface area contributed by atoms with Gasteiger partial charge in [0, 0.05) is 11.8 Å². The van der Waals surface area contributed by atoms with Crippen LogP contribution in [0.15, 0.2) is 23.2 Å². The number of nitrogens with one attached hydrogen (secondary N) is 1. The highest BCUT2D eigenvalue weighted by atomic mass is 15.2. The zero-order chi connectivity index (χ0) is 7.68. The van der Waals surface area contributed by atoms with Crippen LogP contribution in [-0.4, -0.2) is 6.21 Å². The quantitative estimate of drug-likeness (QED) is 0.458. The summed E-state index contributed by atoms with van der Waals surface area (Å²) in [5.41, 5.74) is 5.94. The normalized spacial score (nSPS) is 13.2. The number of hydrazine groups is 1. The lowest BCUT2D eigenvalue weighted by Gasteiger charge is -2.03. The molecule has 1 heterocycles. The fourth-order valence-electron chi connectivity index (χ4n) is 1.26. The SMILES string of the molecule is NNc1cccc2c1C=NC2. The fraction of sp³-hybridized carbons (Fsp3) is 0.125. The molecule has 0 bridgehead atoms. The minimum Gasteiger partial charge on any atom is -0.323 e. The average Bonchev–Trinajstić information content (AvgIpc) is 2.50. The van der Waals surface area contributed by atoms with Crippen molar-refractivity contribution in [3.05, 3.63) is 29.3 Å². The van der Waals surface area contributed by atoms with Crippen molar-refractivity contribution < 1.29 is 0 Å². The predicted molar refractivity (Wildman–Crippen MR) is 45.6 cm³/mol. The Bertz CT molecular complexity index is 304. The molecule has 0 unspecified atom stereocenters. The lowest BCUT2D eigenvalue weighted by atomic mass is 10.1. The molecule has 0 aliphatic carbocycles. The Labute approximate surface area is 64.9 Å². The van der Waals surface area contributed by atoms with Crippen molar-refractivity contribution in [2.75, 3.05) is 5.43 Å². The molecule has 56 valence electrons. The maximum atomic E-state index is 5.31. The largest absolute Gasteiger partial charge is 0.323 e. The smallest absolute Gasteiger partial charge is 0.0647 e. The standard InChI is InChI=1S/C8H9N3/c9-11-8-3-1-2-6-4-10-5-7(6)8/h1-3,5,11H,4,9H2. The van der Waals surface area contributed by atoms with Crippen LogP contribution >= 0.6 is 0 Å². The number of benzene rings is 1. The Kier molecular flexibility index (Phi) is 1.36. The molecule has 0 aromatic heterocycles. The average molecular weight is 147 g/mol. The van der Waals surface area contributed by atoms with E-state index >= 15 is 0 Å². The highest BCUT2D eigenvalue weighted by Crippen LogP contribution is 2.21. The number of nitrogen functional groups attached to an aromatic ring is 1. The molecule has 3 nitrogen and oxygen atoms in total. The molecule has 3 heteroatoms. The summed E-state index contributed by atoms with van der Waals surface area (Å²) < 4.78 is 0. The van der Waals surface area contributed by atoms with Crippen molar-refractivity contribution in [2.45, 2.75) is 6.54 Å². The minimum absolute atomic E-state index is 0.783. The third-order valence-electron chi connectivity index (χ3n) is 1.83. The minimum atomic E-state index is 0.783. The zero-order valence-corrected chi connectivity index (χ0v) is 6.04. The van der Waals surface area contributed by atoms with Gasteiger partial charge >= 0.3 is 0 Å². The van der Waals surface area contributed by atoms with E-state index in [-0.39, 0.29) is 0 Å². The van der Waals surface area contributed by atoms with Crippen LogP contribution in [0.5, 0.6) is 0 Å². The van der Waals surface area contributed by atoms with Gasteiger partial charge in [-0.2, -0.15) is 0 Å². The van der Waals surface area contributed by atoms with Crippen molar-refractivity contribution >= 4 is 11.9 Å². The summed E-state index contributed by atoms with van der Waals surface area (Å²) in [7, 11) is 0. The first-order valence-electron chi connectivity index (χ1n) is 3.50. The van der Waals surface area contributed by atoms with Crippen LogP contribution in [-0.2, 0) is 6.54 Å². The molecule has 0 spiro atoms. The van der Waals surface area contributed by atoms with E-state index in [1.54, 1.807) is 0 Å². The third-order valence-corrected chi connectivity index (χ3v) is 1.83. The van der Waals surface area contributed by atoms with E-state index in [0.717, 1.165) is 17.8 Å². The first-order valence-corrected chi connectivity index (χ1v) is 3.50. The molecule has 1 aliphatic heterocycles. The summed E-state index contributed by atoms with van der Waals surface area (Å²) in [6, 6.07) is 5.97. The van der Waals surface area contributed by atoms with Crippen LogP contribution in [0.2, 0.25) is 0 Å². The molecule has 2 rings (SSSR count). The van der Waals surface area contributed by atoms with Gasteiger partial charge in [-0.25, -0.2) is 0 Å². The molecule has 1 aliphatic rings. The number of rotatable bonds is 1. The van der Waals surface area contributed by atoms with E-state index in [9.17, 15) is 0 Å². The number of nitrogens with zero attached hydrogens (tertiary/aromatic N) is 1. The highest BCUT2D eigenvalue weighted by molar-refractivity contribution is 5.91. The predicted octanol–water partition coefficient (Wildman–Crippen LogP) is 0.905. The van der Waals surface area contributed by atoms with Crippen LogP contribution in [0, 0.1) is 0 Å². The summed E-state index contributed by atoms with van der Waals surface area (Å²) in [5.74, 6) is 5.31. The molecule has 3 N–H and O–H groups in total. The van der Waals surface area contributed by atoms with Crippen LogP contribution in [0.4, 0.5) is 5.69 Å². The summed E-state index contributed by atoms with van der Waals surface area (Å²) in [5, 5.41) is 0. The second-order valence-electron chi connectivity index (χ2n) is 2.49. The molecule has 0 atom stereocenters. The highest BCUT2D eigenvalue weighted by Gasteiger charge is 2.08. The molecule has 11 heavy (non-hydrogen) atoms. The van der Waals surface area contributed by atoms with Crippen molar-refractivity contribution in [1.82, 2.24) is 0 Å². The van der Waals surface area contributed by atoms with E-state index in [1.807, 2.05) is 18.3 Å². The number of hydrogen-bond donors (Lipinski definition) is 2. The van der Waals surface area contributed by atoms with Crippen LogP contribution < -0.4 is 11.3 Å². The second kappa shape index (κ2) is 2.36. The molecular formula is C8H9N3. The fourth-order valence-corrected chi connectivity index (χ4v) is 1.26. The van der Waals surface area contributed by atoms with Gasteiger partial charge < -0.3 is 5.43 Å². The molecule has 1 aromatic carbocycles. The van der Waals surface area contributed by atoms with E-state index in [4.69, 9.17) is 5.84 Å². The van der Waals surface area contributed by atoms with Gasteiger partial charge in [-0.3, -0.25) is 10.8 Å². The lowest BCUT2D eigenvalue weighted by Crippen LogP contribution is -2.09. The lowest BCUT2D eigenvalue weighted by molar-refractivity contribution is 1.11. The first kappa shape index (κ1) is 6.37. The monoisotopic (exact) mass is 147 g/mol. The maximum absolute atomic E-state index is 5.31. The van der Waals surface area contributed by atoms with Crippen LogP contribution in [0.25, 0.3) is 0 Å². The van der Waals surface area contributed by atoms with Crippen molar-refractivity contribution in [3.63, 3.8) is 0 Å². The maximum Gasteiger partial charge on any atom is 0.0647 e. The number of nitrogens with two attached hydrogens (primary N) is 1. The number of anilines is 1. The molecule has 1 aromatic rings. The van der Waals surface area contributed by atoms with Crippen molar-refractivity contribution in [2.24, 2.45) is 10.8 Å². The molecule has 0 saturated carbocycles. The topological polar surface area (TPSA) is 50.4 Å². The summed E-state index contributed by atoms with van der Waals surface area (Å²) in [6.07, 6.45) is 1.85. The molecule has 0 fully saturated rings. The second-order valence-corrected chi connectivity index (χ2v) is 2.49. The Morgan fingerprint density at radius 2 is 2.36 bits per heavy atom. The van der Waals surface area contributed by atoms with Gasteiger partial charge in [-0.05, 0) is 11.6 Å².